The summed E-state index contributed by atoms with van der Waals surface area (Å²) >= 11 is 0. The highest BCUT2D eigenvalue weighted by Gasteiger charge is 2.43. The zero-order valence-electron chi connectivity index (χ0n) is 16.5. The van der Waals surface area contributed by atoms with E-state index >= 15 is 0 Å². The number of carbonyl (C=O) groups is 1. The smallest absolute Gasteiger partial charge is 0.309 e. The molecule has 0 spiro atoms. The van der Waals surface area contributed by atoms with Crippen molar-refractivity contribution >= 4 is 16.0 Å². The molecule has 3 unspecified atom stereocenters. The first kappa shape index (κ1) is 21.1. The standard InChI is InChI=1S/C20H35NO5S/c1-2-26-19-9-8-17(14-18(19)20(22)23)27(24,25)21-12-10-16(11-13-21)15-6-4-3-5-7-15/h15-19H,2-14H2,1H3,(H,22,23). The van der Waals surface area contributed by atoms with Crippen molar-refractivity contribution in [3.8, 4) is 0 Å². The Morgan fingerprint density at radius 2 is 1.63 bits per heavy atom. The zero-order valence-corrected chi connectivity index (χ0v) is 17.3. The van der Waals surface area contributed by atoms with Gasteiger partial charge in [-0.25, -0.2) is 12.7 Å². The highest BCUT2D eigenvalue weighted by Crippen LogP contribution is 2.38. The molecule has 0 aromatic heterocycles. The van der Waals surface area contributed by atoms with E-state index in [4.69, 9.17) is 4.74 Å². The molecule has 0 radical (unpaired) electrons. The minimum absolute atomic E-state index is 0.172. The molecule has 1 aliphatic heterocycles. The second-order valence-electron chi connectivity index (χ2n) is 8.55. The number of piperidine rings is 1. The SMILES string of the molecule is CCOC1CCC(S(=O)(=O)N2CCC(C3CCCCC3)CC2)CC1C(=O)O. The quantitative estimate of drug-likeness (QED) is 0.738. The Morgan fingerprint density at radius 3 is 2.22 bits per heavy atom. The monoisotopic (exact) mass is 401 g/mol. The Balaban J connectivity index is 1.59. The van der Waals surface area contributed by atoms with Crippen LogP contribution in [0.5, 0.6) is 0 Å². The van der Waals surface area contributed by atoms with Gasteiger partial charge in [-0.15, -0.1) is 0 Å². The number of carboxylic acid groups (broad SMARTS) is 1. The minimum atomic E-state index is -3.43. The van der Waals surface area contributed by atoms with Gasteiger partial charge in [0.2, 0.25) is 10.0 Å². The van der Waals surface area contributed by atoms with Crippen LogP contribution in [0.1, 0.15) is 71.1 Å². The third-order valence-electron chi connectivity index (χ3n) is 7.03. The lowest BCUT2D eigenvalue weighted by molar-refractivity contribution is -0.149. The molecule has 0 amide bonds. The Bertz CT molecular complexity index is 593. The summed E-state index contributed by atoms with van der Waals surface area (Å²) < 4.78 is 33.5. The fraction of sp³-hybridized carbons (Fsp3) is 0.950. The average Bonchev–Trinajstić information content (AvgIpc) is 2.69. The molecule has 2 aliphatic carbocycles. The average molecular weight is 402 g/mol. The van der Waals surface area contributed by atoms with Crippen molar-refractivity contribution < 1.29 is 23.1 Å². The van der Waals surface area contributed by atoms with Crippen molar-refractivity contribution in [3.63, 3.8) is 0 Å². The predicted octanol–water partition coefficient (Wildman–Crippen LogP) is 3.27. The Kier molecular flexibility index (Phi) is 7.20. The summed E-state index contributed by atoms with van der Waals surface area (Å²) in [7, 11) is -3.43. The van der Waals surface area contributed by atoms with Crippen LogP contribution in [0, 0.1) is 17.8 Å². The van der Waals surface area contributed by atoms with Crippen LogP contribution in [0.2, 0.25) is 0 Å². The number of aliphatic carboxylic acids is 1. The third kappa shape index (κ3) is 4.85. The summed E-state index contributed by atoms with van der Waals surface area (Å²) in [6.45, 7) is 3.51. The number of ether oxygens (including phenoxy) is 1. The summed E-state index contributed by atoms with van der Waals surface area (Å²) in [5.74, 6) is -0.221. The topological polar surface area (TPSA) is 83.9 Å². The molecule has 3 aliphatic rings. The number of carboxylic acids is 1. The lowest BCUT2D eigenvalue weighted by Gasteiger charge is -2.40. The van der Waals surface area contributed by atoms with Crippen molar-refractivity contribution in [3.05, 3.63) is 0 Å². The van der Waals surface area contributed by atoms with E-state index in [0.717, 1.165) is 18.8 Å². The van der Waals surface area contributed by atoms with Crippen LogP contribution >= 0.6 is 0 Å². The summed E-state index contributed by atoms with van der Waals surface area (Å²) in [4.78, 5) is 11.6. The van der Waals surface area contributed by atoms with Crippen LogP contribution in [0.15, 0.2) is 0 Å². The molecule has 1 saturated heterocycles. The van der Waals surface area contributed by atoms with Crippen molar-refractivity contribution in [2.24, 2.45) is 17.8 Å². The van der Waals surface area contributed by atoms with Crippen LogP contribution < -0.4 is 0 Å². The number of sulfonamides is 1. The van der Waals surface area contributed by atoms with Crippen molar-refractivity contribution in [2.75, 3.05) is 19.7 Å². The van der Waals surface area contributed by atoms with Gasteiger partial charge in [0.25, 0.3) is 0 Å². The molecule has 0 aromatic rings. The molecule has 27 heavy (non-hydrogen) atoms. The van der Waals surface area contributed by atoms with Gasteiger partial charge in [0.1, 0.15) is 0 Å². The van der Waals surface area contributed by atoms with Gasteiger partial charge in [0.05, 0.1) is 17.3 Å². The van der Waals surface area contributed by atoms with Crippen molar-refractivity contribution in [1.82, 2.24) is 4.31 Å². The summed E-state index contributed by atoms with van der Waals surface area (Å²) in [5, 5.41) is 8.94. The van der Waals surface area contributed by atoms with E-state index in [1.807, 2.05) is 6.92 Å². The highest BCUT2D eigenvalue weighted by atomic mass is 32.2. The maximum absolute atomic E-state index is 13.1. The zero-order chi connectivity index (χ0) is 19.4. The molecule has 3 fully saturated rings. The molecular formula is C20H35NO5S. The second-order valence-corrected chi connectivity index (χ2v) is 10.8. The Morgan fingerprint density at radius 1 is 1.00 bits per heavy atom. The van der Waals surface area contributed by atoms with Crippen LogP contribution in [0.4, 0.5) is 0 Å². The maximum Gasteiger partial charge on any atom is 0.309 e. The molecular weight excluding hydrogens is 366 g/mol. The normalized spacial score (nSPS) is 32.4. The molecule has 7 heteroatoms. The van der Waals surface area contributed by atoms with Gasteiger partial charge in [0.15, 0.2) is 0 Å². The van der Waals surface area contributed by atoms with E-state index in [0.29, 0.717) is 38.5 Å². The summed E-state index contributed by atoms with van der Waals surface area (Å²) in [5.41, 5.74) is 0. The van der Waals surface area contributed by atoms with E-state index in [1.54, 1.807) is 4.31 Å². The fourth-order valence-electron chi connectivity index (χ4n) is 5.47. The van der Waals surface area contributed by atoms with Crippen LogP contribution in [0.3, 0.4) is 0 Å². The molecule has 3 atom stereocenters. The fourth-order valence-corrected chi connectivity index (χ4v) is 7.49. The van der Waals surface area contributed by atoms with Crippen molar-refractivity contribution in [2.45, 2.75) is 82.5 Å². The first-order valence-corrected chi connectivity index (χ1v) is 12.3. The summed E-state index contributed by atoms with van der Waals surface area (Å²) in [6.07, 6.45) is 9.33. The Hall–Kier alpha value is -0.660. The first-order chi connectivity index (χ1) is 12.9. The molecule has 0 aromatic carbocycles. The number of rotatable bonds is 6. The van der Waals surface area contributed by atoms with E-state index in [2.05, 4.69) is 0 Å². The molecule has 2 saturated carbocycles. The van der Waals surface area contributed by atoms with E-state index < -0.39 is 27.2 Å². The van der Waals surface area contributed by atoms with Gasteiger partial charge in [-0.3, -0.25) is 4.79 Å². The van der Waals surface area contributed by atoms with Crippen LogP contribution in [0.25, 0.3) is 0 Å². The largest absolute Gasteiger partial charge is 0.481 e. The predicted molar refractivity (Wildman–Crippen MR) is 104 cm³/mol. The van der Waals surface area contributed by atoms with Gasteiger partial charge in [0, 0.05) is 19.7 Å². The lowest BCUT2D eigenvalue weighted by atomic mass is 9.76. The minimum Gasteiger partial charge on any atom is -0.481 e. The second kappa shape index (κ2) is 9.23. The van der Waals surface area contributed by atoms with Gasteiger partial charge in [-0.1, -0.05) is 32.1 Å². The van der Waals surface area contributed by atoms with E-state index in [-0.39, 0.29) is 12.5 Å². The number of hydrogen-bond acceptors (Lipinski definition) is 4. The lowest BCUT2D eigenvalue weighted by Crippen LogP contribution is -2.48. The molecule has 0 bridgehead atoms. The summed E-state index contributed by atoms with van der Waals surface area (Å²) in [6, 6.07) is 0. The van der Waals surface area contributed by atoms with Crippen LogP contribution in [-0.4, -0.2) is 54.8 Å². The van der Waals surface area contributed by atoms with Gasteiger partial charge in [-0.2, -0.15) is 0 Å². The van der Waals surface area contributed by atoms with E-state index in [9.17, 15) is 18.3 Å². The van der Waals surface area contributed by atoms with Gasteiger partial charge in [-0.05, 0) is 50.9 Å². The van der Waals surface area contributed by atoms with Crippen molar-refractivity contribution in [1.29, 1.82) is 0 Å². The third-order valence-corrected chi connectivity index (χ3v) is 9.39. The molecule has 6 nitrogen and oxygen atoms in total. The number of hydrogen-bond donors (Lipinski definition) is 1. The van der Waals surface area contributed by atoms with Gasteiger partial charge < -0.3 is 9.84 Å². The number of nitrogens with zero attached hydrogens (tertiary/aromatic N) is 1. The molecule has 1 heterocycles. The first-order valence-electron chi connectivity index (χ1n) is 10.8. The molecule has 156 valence electrons. The Labute approximate surface area is 163 Å². The van der Waals surface area contributed by atoms with Gasteiger partial charge >= 0.3 is 5.97 Å². The molecule has 1 N–H and O–H groups in total. The highest BCUT2D eigenvalue weighted by molar-refractivity contribution is 7.89. The van der Waals surface area contributed by atoms with E-state index in [1.165, 1.54) is 32.1 Å². The molecule has 3 rings (SSSR count). The van der Waals surface area contributed by atoms with Crippen LogP contribution in [-0.2, 0) is 19.6 Å². The maximum atomic E-state index is 13.1.